The van der Waals surface area contributed by atoms with E-state index in [0.29, 0.717) is 0 Å². The number of nitrogens with zero attached hydrogens (tertiary/aromatic N) is 2. The van der Waals surface area contributed by atoms with Crippen LogP contribution in [0.25, 0.3) is 55.0 Å². The first-order valence-electron chi connectivity index (χ1n) is 24.5. The van der Waals surface area contributed by atoms with Gasteiger partial charge in [-0.2, -0.15) is 0 Å². The van der Waals surface area contributed by atoms with Crippen molar-refractivity contribution >= 4 is 101 Å². The summed E-state index contributed by atoms with van der Waals surface area (Å²) >= 11 is 0. The molecule has 0 radical (unpaired) electrons. The number of benzene rings is 11. The van der Waals surface area contributed by atoms with Gasteiger partial charge in [-0.3, -0.25) is 0 Å². The second-order valence-corrected chi connectivity index (χ2v) is 26.3. The van der Waals surface area contributed by atoms with Gasteiger partial charge in [0.15, 0.2) is 16.1 Å². The summed E-state index contributed by atoms with van der Waals surface area (Å²) in [5, 5.41) is 15.5. The predicted molar refractivity (Wildman–Crippen MR) is 302 cm³/mol. The Kier molecular flexibility index (Phi) is 9.56. The topological polar surface area (TPSA) is 19.1 Å². The second kappa shape index (κ2) is 16.5. The first kappa shape index (κ1) is 41.2. The number of hydrogen-bond acceptors (Lipinski definition) is 1. The van der Waals surface area contributed by atoms with Crippen molar-refractivity contribution in [1.29, 1.82) is 0 Å². The van der Waals surface area contributed by atoms with Crippen LogP contribution in [0.1, 0.15) is 0 Å². The fourth-order valence-corrected chi connectivity index (χ4v) is 22.0. The molecule has 11 aromatic carbocycles. The molecule has 2 aromatic heterocycles. The zero-order valence-corrected chi connectivity index (χ0v) is 40.9. The third kappa shape index (κ3) is 6.13. The van der Waals surface area contributed by atoms with Crippen molar-refractivity contribution in [3.63, 3.8) is 0 Å². The highest BCUT2D eigenvalue weighted by Gasteiger charge is 2.48. The molecule has 0 aliphatic carbocycles. The number of para-hydroxylation sites is 4. The van der Waals surface area contributed by atoms with Gasteiger partial charge < -0.3 is 13.9 Å². The Labute approximate surface area is 414 Å². The molecule has 0 atom stereocenters. The number of aromatic nitrogens is 2. The summed E-state index contributed by atoms with van der Waals surface area (Å²) < 4.78 is 11.7. The average Bonchev–Trinajstić information content (AvgIpc) is 3.96. The summed E-state index contributed by atoms with van der Waals surface area (Å²) in [6.07, 6.45) is 0. The van der Waals surface area contributed by atoms with Crippen LogP contribution in [0.15, 0.2) is 279 Å². The van der Waals surface area contributed by atoms with Crippen molar-refractivity contribution in [2.45, 2.75) is 0 Å². The highest BCUT2D eigenvalue weighted by molar-refractivity contribution is 7.21. The molecule has 3 heterocycles. The Morgan fingerprint density at radius 1 is 0.282 bits per heavy atom. The summed E-state index contributed by atoms with van der Waals surface area (Å²) in [6, 6.07) is 104. The summed E-state index contributed by atoms with van der Waals surface area (Å²) in [4.78, 5) is 0. The minimum Gasteiger partial charge on any atom is -0.458 e. The minimum atomic E-state index is -2.90. The molecule has 0 unspecified atom stereocenters. The molecule has 3 nitrogen and oxygen atoms in total. The molecule has 0 amide bonds. The van der Waals surface area contributed by atoms with Crippen molar-refractivity contribution in [1.82, 2.24) is 9.13 Å². The maximum Gasteiger partial charge on any atom is 0.188 e. The molecular formula is C66H46N2OSi2. The maximum absolute atomic E-state index is 6.73. The number of rotatable bonds is 8. The Hall–Kier alpha value is -8.75. The van der Waals surface area contributed by atoms with Crippen molar-refractivity contribution in [2.24, 2.45) is 0 Å². The quantitative estimate of drug-likeness (QED) is 0.110. The van der Waals surface area contributed by atoms with Crippen LogP contribution in [0.3, 0.4) is 0 Å². The van der Waals surface area contributed by atoms with Gasteiger partial charge in [0.25, 0.3) is 0 Å². The predicted octanol–water partition coefficient (Wildman–Crippen LogP) is 10.7. The number of fused-ring (bicyclic) bond motifs is 8. The van der Waals surface area contributed by atoms with Crippen LogP contribution < -0.4 is 46.2 Å². The SMILES string of the molecule is c1ccc([Si](c2ccccc2)(c2ccccc2)c2cccc(-n3c4ccccc4c4cc(-n5c6ccccc6c6ccc([Si]7(c8ccccc8)c8ccccc8Oc8ccccc87)cc65)ccc43)c2)cc1. The van der Waals surface area contributed by atoms with Crippen LogP contribution in [0.2, 0.25) is 0 Å². The lowest BCUT2D eigenvalue weighted by atomic mass is 10.1. The molecule has 0 spiro atoms. The fraction of sp³-hybridized carbons (Fsp3) is 0. The van der Waals surface area contributed by atoms with Crippen LogP contribution in [0.4, 0.5) is 0 Å². The van der Waals surface area contributed by atoms with Gasteiger partial charge in [-0.1, -0.05) is 218 Å². The second-order valence-electron chi connectivity index (χ2n) is 18.7. The van der Waals surface area contributed by atoms with E-state index in [-0.39, 0.29) is 0 Å². The zero-order valence-electron chi connectivity index (χ0n) is 38.9. The van der Waals surface area contributed by atoms with E-state index in [1.807, 2.05) is 0 Å². The maximum atomic E-state index is 6.73. The zero-order chi connectivity index (χ0) is 46.9. The molecule has 1 aliphatic rings. The molecule has 14 rings (SSSR count). The van der Waals surface area contributed by atoms with E-state index < -0.39 is 16.1 Å². The molecule has 1 aliphatic heterocycles. The summed E-state index contributed by atoms with van der Waals surface area (Å²) in [5.74, 6) is 1.87. The van der Waals surface area contributed by atoms with Gasteiger partial charge in [0.1, 0.15) is 11.5 Å². The van der Waals surface area contributed by atoms with Crippen LogP contribution >= 0.6 is 0 Å². The van der Waals surface area contributed by atoms with Crippen molar-refractivity contribution in [3.8, 4) is 22.9 Å². The smallest absolute Gasteiger partial charge is 0.188 e. The molecule has 0 saturated heterocycles. The summed E-state index contributed by atoms with van der Waals surface area (Å²) in [6.45, 7) is 0. The van der Waals surface area contributed by atoms with Crippen molar-refractivity contribution in [2.75, 3.05) is 0 Å². The van der Waals surface area contributed by atoms with Gasteiger partial charge in [0.05, 0.1) is 22.1 Å². The molecule has 13 aromatic rings. The first-order valence-corrected chi connectivity index (χ1v) is 28.5. The molecular weight excluding hydrogens is 893 g/mol. The molecule has 0 bridgehead atoms. The normalized spacial score (nSPS) is 13.0. The lowest BCUT2D eigenvalue weighted by Crippen LogP contribution is -2.76. The first-order chi connectivity index (χ1) is 35.2. The summed E-state index contributed by atoms with van der Waals surface area (Å²) in [7, 11) is -5.68. The Morgan fingerprint density at radius 3 is 1.34 bits per heavy atom. The molecule has 334 valence electrons. The van der Waals surface area contributed by atoms with Gasteiger partial charge in [-0.05, 0) is 102 Å². The highest BCUT2D eigenvalue weighted by Crippen LogP contribution is 2.38. The van der Waals surface area contributed by atoms with Gasteiger partial charge in [-0.15, -0.1) is 0 Å². The van der Waals surface area contributed by atoms with Crippen LogP contribution in [-0.2, 0) is 0 Å². The third-order valence-electron chi connectivity index (χ3n) is 15.2. The van der Waals surface area contributed by atoms with E-state index in [1.54, 1.807) is 0 Å². The minimum absolute atomic E-state index is 0.933. The molecule has 0 N–H and O–H groups in total. The van der Waals surface area contributed by atoms with E-state index >= 15 is 0 Å². The number of hydrogen-bond donors (Lipinski definition) is 0. The third-order valence-corrected chi connectivity index (χ3v) is 24.8. The van der Waals surface area contributed by atoms with Crippen molar-refractivity contribution in [3.05, 3.63) is 279 Å². The largest absolute Gasteiger partial charge is 0.458 e. The lowest BCUT2D eigenvalue weighted by Gasteiger charge is -2.39. The van der Waals surface area contributed by atoms with Gasteiger partial charge >= 0.3 is 0 Å². The van der Waals surface area contributed by atoms with Gasteiger partial charge in [0.2, 0.25) is 0 Å². The van der Waals surface area contributed by atoms with Gasteiger partial charge in [0, 0.05) is 32.9 Å². The number of ether oxygens (including phenoxy) is 1. The molecule has 0 fully saturated rings. The summed E-state index contributed by atoms with van der Waals surface area (Å²) in [5.41, 5.74) is 7.00. The lowest BCUT2D eigenvalue weighted by molar-refractivity contribution is 0.487. The van der Waals surface area contributed by atoms with Gasteiger partial charge in [-0.25, -0.2) is 0 Å². The Morgan fingerprint density at radius 2 is 0.732 bits per heavy atom. The molecule has 71 heavy (non-hydrogen) atoms. The van der Waals surface area contributed by atoms with E-state index in [1.165, 1.54) is 85.1 Å². The van der Waals surface area contributed by atoms with E-state index in [9.17, 15) is 0 Å². The van der Waals surface area contributed by atoms with E-state index in [2.05, 4.69) is 288 Å². The van der Waals surface area contributed by atoms with Crippen LogP contribution in [0.5, 0.6) is 11.5 Å². The van der Waals surface area contributed by atoms with Crippen LogP contribution in [-0.4, -0.2) is 25.3 Å². The Balaban J connectivity index is 0.998. The Bertz CT molecular complexity index is 4000. The van der Waals surface area contributed by atoms with E-state index in [4.69, 9.17) is 4.74 Å². The molecule has 5 heteroatoms. The van der Waals surface area contributed by atoms with Crippen molar-refractivity contribution < 1.29 is 4.74 Å². The van der Waals surface area contributed by atoms with E-state index in [0.717, 1.165) is 22.9 Å². The monoisotopic (exact) mass is 938 g/mol. The average molecular weight is 939 g/mol. The standard InChI is InChI=1S/C66H46N2OSi2/c1-5-23-49(24-6-1)70(50-25-7-2-8-26-50,51-27-9-3-10-28-51)53-31-21-22-47(44-53)67-60-35-16-14-33-56(60)58-45-48(40-43-61(58)67)68-59-34-15-13-32-55(59)57-42-41-54(46-62(57)68)71(52-29-11-4-12-30-52)65-38-19-17-36-63(65)69-64-37-18-20-39-66(64)71/h1-46H. The fourth-order valence-electron chi connectivity index (χ4n) is 12.3. The molecule has 0 saturated carbocycles. The highest BCUT2D eigenvalue weighted by atomic mass is 28.3. The van der Waals surface area contributed by atoms with Crippen LogP contribution in [0, 0.1) is 0 Å².